The molecule has 118 valence electrons. The van der Waals surface area contributed by atoms with E-state index >= 15 is 0 Å². The number of nitrogens with one attached hydrogen (secondary N) is 1. The van der Waals surface area contributed by atoms with Crippen molar-refractivity contribution < 1.29 is 4.74 Å². The lowest BCUT2D eigenvalue weighted by molar-refractivity contribution is -0.00484. The molecule has 1 unspecified atom stereocenters. The van der Waals surface area contributed by atoms with Crippen LogP contribution in [0.4, 0.5) is 11.6 Å². The SMILES string of the molecule is CCCNc1nc(C)nc(N2CCCC(C)(OC)C2)c1C. The molecule has 21 heavy (non-hydrogen) atoms. The zero-order valence-corrected chi connectivity index (χ0v) is 14.0. The van der Waals surface area contributed by atoms with Crippen LogP contribution in [0, 0.1) is 13.8 Å². The van der Waals surface area contributed by atoms with Gasteiger partial charge in [-0.05, 0) is 40.0 Å². The van der Waals surface area contributed by atoms with Crippen molar-refractivity contribution in [2.45, 2.75) is 52.6 Å². The van der Waals surface area contributed by atoms with E-state index in [1.54, 1.807) is 7.11 Å². The maximum atomic E-state index is 5.69. The number of hydrogen-bond acceptors (Lipinski definition) is 5. The van der Waals surface area contributed by atoms with Gasteiger partial charge in [0.2, 0.25) is 0 Å². The van der Waals surface area contributed by atoms with Crippen LogP contribution in [-0.2, 0) is 4.74 Å². The zero-order chi connectivity index (χ0) is 15.5. The molecule has 0 aliphatic carbocycles. The molecule has 5 nitrogen and oxygen atoms in total. The molecule has 0 aromatic carbocycles. The monoisotopic (exact) mass is 292 g/mol. The van der Waals surface area contributed by atoms with Crippen molar-refractivity contribution in [1.82, 2.24) is 9.97 Å². The van der Waals surface area contributed by atoms with E-state index in [1.807, 2.05) is 6.92 Å². The van der Waals surface area contributed by atoms with Crippen LogP contribution in [-0.4, -0.2) is 42.3 Å². The minimum Gasteiger partial charge on any atom is -0.377 e. The summed E-state index contributed by atoms with van der Waals surface area (Å²) in [6.45, 7) is 11.2. The van der Waals surface area contributed by atoms with Gasteiger partial charge < -0.3 is 15.0 Å². The number of rotatable bonds is 5. The molecule has 2 heterocycles. The summed E-state index contributed by atoms with van der Waals surface area (Å²) >= 11 is 0. The van der Waals surface area contributed by atoms with Crippen molar-refractivity contribution in [3.63, 3.8) is 0 Å². The highest BCUT2D eigenvalue weighted by Gasteiger charge is 2.32. The summed E-state index contributed by atoms with van der Waals surface area (Å²) in [5.74, 6) is 2.83. The fraction of sp³-hybridized carbons (Fsp3) is 0.750. The molecule has 0 amide bonds. The molecule has 1 saturated heterocycles. The van der Waals surface area contributed by atoms with Crippen molar-refractivity contribution in [2.75, 3.05) is 37.0 Å². The average Bonchev–Trinajstić information content (AvgIpc) is 2.48. The highest BCUT2D eigenvalue weighted by atomic mass is 16.5. The minimum absolute atomic E-state index is 0.0828. The standard InChI is InChI=1S/C16H28N4O/c1-6-9-17-14-12(2)15(19-13(3)18-14)20-10-7-8-16(4,11-20)21-5/h6-11H2,1-5H3,(H,17,18,19). The summed E-state index contributed by atoms with van der Waals surface area (Å²) in [5, 5.41) is 3.41. The van der Waals surface area contributed by atoms with Crippen LogP contribution in [0.5, 0.6) is 0 Å². The van der Waals surface area contributed by atoms with Gasteiger partial charge in [0.25, 0.3) is 0 Å². The lowest BCUT2D eigenvalue weighted by Crippen LogP contribution is -2.48. The maximum Gasteiger partial charge on any atom is 0.137 e. The van der Waals surface area contributed by atoms with Crippen LogP contribution in [0.15, 0.2) is 0 Å². The molecule has 0 bridgehead atoms. The quantitative estimate of drug-likeness (QED) is 0.904. The molecule has 0 radical (unpaired) electrons. The van der Waals surface area contributed by atoms with Crippen LogP contribution in [0.3, 0.4) is 0 Å². The van der Waals surface area contributed by atoms with Crippen LogP contribution < -0.4 is 10.2 Å². The molecular formula is C16H28N4O. The van der Waals surface area contributed by atoms with E-state index in [0.29, 0.717) is 0 Å². The second-order valence-corrected chi connectivity index (χ2v) is 6.17. The van der Waals surface area contributed by atoms with E-state index in [2.05, 4.69) is 41.0 Å². The van der Waals surface area contributed by atoms with Crippen molar-refractivity contribution in [3.05, 3.63) is 11.4 Å². The molecule has 1 atom stereocenters. The third-order valence-electron chi connectivity index (χ3n) is 4.23. The summed E-state index contributed by atoms with van der Waals surface area (Å²) < 4.78 is 5.69. The first kappa shape index (κ1) is 16.0. The first-order valence-corrected chi connectivity index (χ1v) is 7.88. The van der Waals surface area contributed by atoms with Crippen LogP contribution in [0.2, 0.25) is 0 Å². The number of nitrogens with zero attached hydrogens (tertiary/aromatic N) is 3. The Morgan fingerprint density at radius 3 is 2.76 bits per heavy atom. The fourth-order valence-electron chi connectivity index (χ4n) is 2.89. The van der Waals surface area contributed by atoms with Gasteiger partial charge in [-0.2, -0.15) is 0 Å². The molecule has 1 N–H and O–H groups in total. The van der Waals surface area contributed by atoms with Crippen molar-refractivity contribution in [3.8, 4) is 0 Å². The Morgan fingerprint density at radius 1 is 1.33 bits per heavy atom. The van der Waals surface area contributed by atoms with Gasteiger partial charge in [0.15, 0.2) is 0 Å². The normalized spacial score (nSPS) is 22.4. The second kappa shape index (κ2) is 6.60. The van der Waals surface area contributed by atoms with Crippen LogP contribution in [0.25, 0.3) is 0 Å². The number of aromatic nitrogens is 2. The number of methoxy groups -OCH3 is 1. The van der Waals surface area contributed by atoms with Crippen molar-refractivity contribution in [1.29, 1.82) is 0 Å². The Kier molecular flexibility index (Phi) is 5.04. The van der Waals surface area contributed by atoms with Gasteiger partial charge in [-0.25, -0.2) is 9.97 Å². The van der Waals surface area contributed by atoms with Crippen molar-refractivity contribution >= 4 is 11.6 Å². The largest absolute Gasteiger partial charge is 0.377 e. The summed E-state index contributed by atoms with van der Waals surface area (Å²) in [6, 6.07) is 0. The van der Waals surface area contributed by atoms with Gasteiger partial charge in [0, 0.05) is 32.3 Å². The van der Waals surface area contributed by atoms with E-state index < -0.39 is 0 Å². The number of ether oxygens (including phenoxy) is 1. The molecule has 5 heteroatoms. The fourth-order valence-corrected chi connectivity index (χ4v) is 2.89. The molecule has 1 aliphatic rings. The Hall–Kier alpha value is -1.36. The van der Waals surface area contributed by atoms with Gasteiger partial charge >= 0.3 is 0 Å². The molecule has 0 spiro atoms. The number of piperidine rings is 1. The molecule has 1 aliphatic heterocycles. The van der Waals surface area contributed by atoms with Crippen molar-refractivity contribution in [2.24, 2.45) is 0 Å². The zero-order valence-electron chi connectivity index (χ0n) is 14.0. The van der Waals surface area contributed by atoms with Crippen LogP contribution >= 0.6 is 0 Å². The maximum absolute atomic E-state index is 5.69. The highest BCUT2D eigenvalue weighted by Crippen LogP contribution is 2.30. The predicted molar refractivity (Wildman–Crippen MR) is 87.1 cm³/mol. The van der Waals surface area contributed by atoms with E-state index in [0.717, 1.165) is 61.9 Å². The number of hydrogen-bond donors (Lipinski definition) is 1. The summed E-state index contributed by atoms with van der Waals surface area (Å²) in [5.41, 5.74) is 1.05. The van der Waals surface area contributed by atoms with E-state index in [4.69, 9.17) is 4.74 Å². The summed E-state index contributed by atoms with van der Waals surface area (Å²) in [4.78, 5) is 11.6. The smallest absolute Gasteiger partial charge is 0.137 e. The summed E-state index contributed by atoms with van der Waals surface area (Å²) in [6.07, 6.45) is 3.32. The third kappa shape index (κ3) is 3.64. The predicted octanol–water partition coefficient (Wildman–Crippen LogP) is 2.92. The Balaban J connectivity index is 2.28. The number of anilines is 2. The van der Waals surface area contributed by atoms with Gasteiger partial charge in [0.1, 0.15) is 17.5 Å². The lowest BCUT2D eigenvalue weighted by atomic mass is 9.94. The molecular weight excluding hydrogens is 264 g/mol. The van der Waals surface area contributed by atoms with Gasteiger partial charge in [-0.3, -0.25) is 0 Å². The van der Waals surface area contributed by atoms with E-state index in [9.17, 15) is 0 Å². The Labute approximate surface area is 128 Å². The molecule has 2 rings (SSSR count). The Bertz CT molecular complexity index is 491. The number of aryl methyl sites for hydroxylation is 1. The molecule has 1 aromatic rings. The summed E-state index contributed by atoms with van der Waals surface area (Å²) in [7, 11) is 1.80. The van der Waals surface area contributed by atoms with Crippen LogP contribution in [0.1, 0.15) is 44.5 Å². The van der Waals surface area contributed by atoms with Gasteiger partial charge in [-0.15, -0.1) is 0 Å². The third-order valence-corrected chi connectivity index (χ3v) is 4.23. The topological polar surface area (TPSA) is 50.3 Å². The minimum atomic E-state index is -0.0828. The highest BCUT2D eigenvalue weighted by molar-refractivity contribution is 5.59. The van der Waals surface area contributed by atoms with Gasteiger partial charge in [0.05, 0.1) is 5.60 Å². The molecule has 1 aromatic heterocycles. The Morgan fingerprint density at radius 2 is 2.10 bits per heavy atom. The first-order chi connectivity index (χ1) is 9.99. The molecule has 0 saturated carbocycles. The van der Waals surface area contributed by atoms with E-state index in [1.165, 1.54) is 0 Å². The first-order valence-electron chi connectivity index (χ1n) is 7.88. The second-order valence-electron chi connectivity index (χ2n) is 6.17. The molecule has 1 fully saturated rings. The van der Waals surface area contributed by atoms with Gasteiger partial charge in [-0.1, -0.05) is 6.92 Å². The average molecular weight is 292 g/mol. The lowest BCUT2D eigenvalue weighted by Gasteiger charge is -2.40. The van der Waals surface area contributed by atoms with E-state index in [-0.39, 0.29) is 5.60 Å².